The number of carbonyl (C=O) groups is 4. The topological polar surface area (TPSA) is 138 Å². The molecule has 6 rings (SSSR count). The molecule has 0 bridgehead atoms. The fourth-order valence-corrected chi connectivity index (χ4v) is 7.53. The molecule has 0 spiro atoms. The number of carbonyl (C=O) groups excluding carboxylic acids is 4. The lowest BCUT2D eigenvalue weighted by Crippen LogP contribution is -2.45. The summed E-state index contributed by atoms with van der Waals surface area (Å²) in [4.78, 5) is 61.7. The van der Waals surface area contributed by atoms with Crippen molar-refractivity contribution in [2.45, 2.75) is 64.5 Å². The first-order valence-electron chi connectivity index (χ1n) is 18.3. The van der Waals surface area contributed by atoms with Gasteiger partial charge in [-0.25, -0.2) is 9.97 Å². The third-order valence-corrected chi connectivity index (χ3v) is 11.0. The molecule has 1 N–H and O–H groups in total. The summed E-state index contributed by atoms with van der Waals surface area (Å²) in [6.45, 7) is 7.06. The number of nitrogens with zero attached hydrogens (tertiary/aromatic N) is 5. The number of hydrogen-bond donors (Lipinski definition) is 1. The van der Waals surface area contributed by atoms with Crippen molar-refractivity contribution in [3.05, 3.63) is 108 Å². The number of Topliss-reactive ketones (excluding diaryl/α,β-unsaturated/α-hetero) is 2. The standard InChI is InChI=1S/C21H27N3O3.C20H25N3O3/c1-16(17-7-5-4-6-8-17)24-15-22-14-18(24)19(25)13-21(20(26)27-3)9-11-23(2)12-10-21;1-15(16-6-4-3-5-7-16)23-14-22-13-17(23)18(24)12-20(19(25)26-2)8-10-21-11-9-20/h4-8,14-16H,9-13H2,1-3H3;3-7,13-15,21H,8-12H2,1-2H3/t16-;15-/m11/s1. The molecule has 0 radical (unpaired) electrons. The zero-order valence-electron chi connectivity index (χ0n) is 31.5. The Morgan fingerprint density at radius 3 is 1.47 bits per heavy atom. The van der Waals surface area contributed by atoms with E-state index in [0.29, 0.717) is 50.2 Å². The summed E-state index contributed by atoms with van der Waals surface area (Å²) in [6.07, 6.45) is 9.32. The largest absolute Gasteiger partial charge is 0.469 e. The van der Waals surface area contributed by atoms with Crippen molar-refractivity contribution in [3.8, 4) is 0 Å². The van der Waals surface area contributed by atoms with E-state index in [0.717, 1.165) is 24.2 Å². The van der Waals surface area contributed by atoms with Crippen LogP contribution in [0.5, 0.6) is 0 Å². The van der Waals surface area contributed by atoms with Gasteiger partial charge in [0.25, 0.3) is 0 Å². The van der Waals surface area contributed by atoms with Crippen LogP contribution in [0.15, 0.2) is 85.7 Å². The molecule has 12 heteroatoms. The van der Waals surface area contributed by atoms with Gasteiger partial charge in [-0.1, -0.05) is 60.7 Å². The van der Waals surface area contributed by atoms with Crippen molar-refractivity contribution in [2.24, 2.45) is 10.8 Å². The van der Waals surface area contributed by atoms with Crippen molar-refractivity contribution in [2.75, 3.05) is 47.4 Å². The number of aromatic nitrogens is 4. The summed E-state index contributed by atoms with van der Waals surface area (Å²) >= 11 is 0. The summed E-state index contributed by atoms with van der Waals surface area (Å²) in [5.41, 5.74) is 1.78. The van der Waals surface area contributed by atoms with Gasteiger partial charge in [-0.3, -0.25) is 19.2 Å². The minimum absolute atomic E-state index is 0.0141. The third kappa shape index (κ3) is 9.00. The number of hydrogen-bond acceptors (Lipinski definition) is 10. The maximum Gasteiger partial charge on any atom is 0.312 e. The van der Waals surface area contributed by atoms with Gasteiger partial charge in [-0.2, -0.15) is 0 Å². The highest BCUT2D eigenvalue weighted by atomic mass is 16.5. The summed E-state index contributed by atoms with van der Waals surface area (Å²) in [7, 11) is 4.81. The van der Waals surface area contributed by atoms with Crippen LogP contribution >= 0.6 is 0 Å². The molecule has 4 heterocycles. The number of likely N-dealkylation sites (tertiary alicyclic amines) is 1. The van der Waals surface area contributed by atoms with Crippen molar-refractivity contribution in [1.82, 2.24) is 29.3 Å². The molecule has 2 aromatic carbocycles. The first-order chi connectivity index (χ1) is 25.5. The number of benzene rings is 2. The molecular weight excluding hydrogens is 672 g/mol. The minimum atomic E-state index is -0.748. The van der Waals surface area contributed by atoms with E-state index in [1.807, 2.05) is 90.7 Å². The lowest BCUT2D eigenvalue weighted by Gasteiger charge is -2.37. The maximum atomic E-state index is 13.2. The van der Waals surface area contributed by atoms with Gasteiger partial charge >= 0.3 is 11.9 Å². The summed E-state index contributed by atoms with van der Waals surface area (Å²) in [5.74, 6) is -0.719. The molecule has 0 saturated carbocycles. The van der Waals surface area contributed by atoms with E-state index in [4.69, 9.17) is 9.47 Å². The first-order valence-corrected chi connectivity index (χ1v) is 18.3. The SMILES string of the molecule is COC(=O)C1(CC(=O)c2cncn2[C@H](C)c2ccccc2)CCN(C)CC1.COC(=O)C1(CC(=O)c2cncn2[C@H](C)c2ccccc2)CCNCC1. The predicted molar refractivity (Wildman–Crippen MR) is 201 cm³/mol. The molecule has 53 heavy (non-hydrogen) atoms. The molecule has 2 saturated heterocycles. The highest BCUT2D eigenvalue weighted by Crippen LogP contribution is 2.38. The number of ether oxygens (including phenoxy) is 2. The predicted octanol–water partition coefficient (Wildman–Crippen LogP) is 5.56. The van der Waals surface area contributed by atoms with E-state index < -0.39 is 10.8 Å². The van der Waals surface area contributed by atoms with Gasteiger partial charge < -0.3 is 28.8 Å². The average Bonchev–Trinajstić information content (AvgIpc) is 3.90. The highest BCUT2D eigenvalue weighted by molar-refractivity contribution is 5.98. The molecule has 2 aliphatic rings. The molecule has 2 atom stereocenters. The van der Waals surface area contributed by atoms with Crippen LogP contribution in [-0.4, -0.2) is 95.0 Å². The zero-order valence-corrected chi connectivity index (χ0v) is 31.5. The second-order valence-corrected chi connectivity index (χ2v) is 14.3. The Morgan fingerprint density at radius 2 is 1.08 bits per heavy atom. The molecule has 2 fully saturated rings. The second kappa shape index (κ2) is 17.7. The molecule has 0 amide bonds. The van der Waals surface area contributed by atoms with Crippen LogP contribution in [0, 0.1) is 10.8 Å². The Bertz CT molecular complexity index is 1820. The molecule has 0 aliphatic carbocycles. The van der Waals surface area contributed by atoms with Gasteiger partial charge in [0.15, 0.2) is 11.6 Å². The second-order valence-electron chi connectivity index (χ2n) is 14.3. The van der Waals surface area contributed by atoms with Crippen molar-refractivity contribution < 1.29 is 28.7 Å². The van der Waals surface area contributed by atoms with E-state index in [1.165, 1.54) is 14.2 Å². The maximum absolute atomic E-state index is 13.2. The number of imidazole rings is 2. The van der Waals surface area contributed by atoms with E-state index in [9.17, 15) is 19.2 Å². The van der Waals surface area contributed by atoms with E-state index in [-0.39, 0.29) is 48.4 Å². The Morgan fingerprint density at radius 1 is 0.679 bits per heavy atom. The molecular formula is C41H52N6O6. The quantitative estimate of drug-likeness (QED) is 0.146. The Balaban J connectivity index is 0.000000204. The van der Waals surface area contributed by atoms with Gasteiger partial charge in [0, 0.05) is 12.8 Å². The van der Waals surface area contributed by atoms with Crippen LogP contribution in [0.25, 0.3) is 0 Å². The molecule has 0 unspecified atom stereocenters. The lowest BCUT2D eigenvalue weighted by atomic mass is 9.74. The smallest absolute Gasteiger partial charge is 0.312 e. The first kappa shape index (κ1) is 39.3. The monoisotopic (exact) mass is 724 g/mol. The van der Waals surface area contributed by atoms with Gasteiger partial charge in [0.2, 0.25) is 0 Å². The molecule has 2 aromatic heterocycles. The Kier molecular flexibility index (Phi) is 13.1. The van der Waals surface area contributed by atoms with Crippen LogP contribution in [-0.2, 0) is 19.1 Å². The molecule has 2 aliphatic heterocycles. The lowest BCUT2D eigenvalue weighted by molar-refractivity contribution is -0.155. The number of nitrogens with one attached hydrogen (secondary N) is 1. The van der Waals surface area contributed by atoms with Gasteiger partial charge in [0.05, 0.1) is 62.2 Å². The summed E-state index contributed by atoms with van der Waals surface area (Å²) in [5, 5.41) is 3.24. The van der Waals surface area contributed by atoms with Crippen molar-refractivity contribution in [1.29, 1.82) is 0 Å². The normalized spacial score (nSPS) is 17.8. The van der Waals surface area contributed by atoms with Crippen LogP contribution in [0.3, 0.4) is 0 Å². The molecule has 282 valence electrons. The van der Waals surface area contributed by atoms with Gasteiger partial charge in [-0.05, 0) is 83.9 Å². The number of piperidine rings is 2. The van der Waals surface area contributed by atoms with E-state index >= 15 is 0 Å². The molecule has 4 aromatic rings. The number of methoxy groups -OCH3 is 2. The van der Waals surface area contributed by atoms with Crippen LogP contribution in [0.4, 0.5) is 0 Å². The Labute approximate surface area is 311 Å². The zero-order chi connectivity index (χ0) is 38.0. The van der Waals surface area contributed by atoms with Gasteiger partial charge in [0.1, 0.15) is 11.4 Å². The van der Waals surface area contributed by atoms with E-state index in [1.54, 1.807) is 25.0 Å². The van der Waals surface area contributed by atoms with Gasteiger partial charge in [-0.15, -0.1) is 0 Å². The number of ketones is 2. The fraction of sp³-hybridized carbons (Fsp3) is 0.463. The molecule has 12 nitrogen and oxygen atoms in total. The van der Waals surface area contributed by atoms with Crippen LogP contribution in [0.1, 0.15) is 96.6 Å². The summed E-state index contributed by atoms with van der Waals surface area (Å²) < 4.78 is 13.8. The third-order valence-electron chi connectivity index (χ3n) is 11.0. The highest BCUT2D eigenvalue weighted by Gasteiger charge is 2.45. The van der Waals surface area contributed by atoms with Crippen molar-refractivity contribution in [3.63, 3.8) is 0 Å². The number of rotatable bonds is 12. The Hall–Kier alpha value is -4.94. The minimum Gasteiger partial charge on any atom is -0.469 e. The number of esters is 2. The van der Waals surface area contributed by atoms with Crippen LogP contribution in [0.2, 0.25) is 0 Å². The van der Waals surface area contributed by atoms with Crippen molar-refractivity contribution >= 4 is 23.5 Å². The fourth-order valence-electron chi connectivity index (χ4n) is 7.53. The van der Waals surface area contributed by atoms with E-state index in [2.05, 4.69) is 20.2 Å². The summed E-state index contributed by atoms with van der Waals surface area (Å²) in [6, 6.07) is 19.9. The van der Waals surface area contributed by atoms with Crippen LogP contribution < -0.4 is 5.32 Å². The average molecular weight is 725 g/mol.